The third-order valence-electron chi connectivity index (χ3n) is 3.82. The van der Waals surface area contributed by atoms with Gasteiger partial charge in [0.1, 0.15) is 5.82 Å². The first-order valence-corrected chi connectivity index (χ1v) is 7.82. The zero-order valence-corrected chi connectivity index (χ0v) is 14.0. The molecular weight excluding hydrogens is 331 g/mol. The molecule has 1 N–H and O–H groups in total. The number of benzene rings is 2. The third-order valence-corrected chi connectivity index (χ3v) is 3.82. The van der Waals surface area contributed by atoms with E-state index in [0.717, 1.165) is 11.9 Å². The predicted octanol–water partition coefficient (Wildman–Crippen LogP) is 4.11. The molecular formula is C20H15FN4O. The van der Waals surface area contributed by atoms with Gasteiger partial charge in [0.15, 0.2) is 0 Å². The van der Waals surface area contributed by atoms with Crippen LogP contribution in [0.2, 0.25) is 0 Å². The molecule has 128 valence electrons. The Labute approximate surface area is 150 Å². The van der Waals surface area contributed by atoms with Gasteiger partial charge in [0, 0.05) is 30.1 Å². The monoisotopic (exact) mass is 346 g/mol. The first kappa shape index (κ1) is 17.1. The molecule has 0 bridgehead atoms. The van der Waals surface area contributed by atoms with Gasteiger partial charge in [-0.3, -0.25) is 9.78 Å². The summed E-state index contributed by atoms with van der Waals surface area (Å²) in [6, 6.07) is 17.0. The van der Waals surface area contributed by atoms with Crippen LogP contribution in [0.3, 0.4) is 0 Å². The van der Waals surface area contributed by atoms with Crippen LogP contribution in [0.5, 0.6) is 0 Å². The molecule has 3 aromatic rings. The van der Waals surface area contributed by atoms with Crippen LogP contribution in [-0.2, 0) is 0 Å². The Morgan fingerprint density at radius 2 is 1.92 bits per heavy atom. The van der Waals surface area contributed by atoms with Crippen molar-refractivity contribution in [2.75, 3.05) is 17.3 Å². The minimum absolute atomic E-state index is 0.311. The standard InChI is InChI=1S/C20H15FN4O/c1-25(19-9-16(21)12-23-13-19)18-7-3-6-17(10-18)24-20(26)15-5-2-4-14(8-15)11-22/h2-10,12-13H,1H3,(H,24,26). The van der Waals surface area contributed by atoms with Crippen LogP contribution in [0.4, 0.5) is 21.5 Å². The van der Waals surface area contributed by atoms with Crippen molar-refractivity contribution in [1.82, 2.24) is 4.98 Å². The van der Waals surface area contributed by atoms with Crippen LogP contribution in [0.15, 0.2) is 67.0 Å². The number of aromatic nitrogens is 1. The maximum atomic E-state index is 13.4. The molecule has 0 spiro atoms. The Morgan fingerprint density at radius 1 is 1.12 bits per heavy atom. The van der Waals surface area contributed by atoms with E-state index in [0.29, 0.717) is 22.5 Å². The Hall–Kier alpha value is -3.72. The number of halogens is 1. The number of hydrogen-bond acceptors (Lipinski definition) is 4. The Morgan fingerprint density at radius 3 is 2.69 bits per heavy atom. The second-order valence-electron chi connectivity index (χ2n) is 5.62. The van der Waals surface area contributed by atoms with Crippen LogP contribution in [0.1, 0.15) is 15.9 Å². The highest BCUT2D eigenvalue weighted by molar-refractivity contribution is 6.04. The van der Waals surface area contributed by atoms with Gasteiger partial charge in [-0.05, 0) is 36.4 Å². The fourth-order valence-corrected chi connectivity index (χ4v) is 2.46. The maximum Gasteiger partial charge on any atom is 0.255 e. The number of nitriles is 1. The van der Waals surface area contributed by atoms with E-state index < -0.39 is 5.82 Å². The molecule has 1 heterocycles. The highest BCUT2D eigenvalue weighted by Crippen LogP contribution is 2.26. The second-order valence-corrected chi connectivity index (χ2v) is 5.62. The molecule has 0 fully saturated rings. The van der Waals surface area contributed by atoms with Crippen LogP contribution >= 0.6 is 0 Å². The fourth-order valence-electron chi connectivity index (χ4n) is 2.46. The normalized spacial score (nSPS) is 10.0. The average Bonchev–Trinajstić information content (AvgIpc) is 2.67. The maximum absolute atomic E-state index is 13.4. The van der Waals surface area contributed by atoms with Crippen LogP contribution < -0.4 is 10.2 Å². The number of rotatable bonds is 4. The van der Waals surface area contributed by atoms with Gasteiger partial charge in [-0.2, -0.15) is 5.26 Å². The lowest BCUT2D eigenvalue weighted by Crippen LogP contribution is -2.13. The molecule has 1 aromatic heterocycles. The van der Waals surface area contributed by atoms with Crippen molar-refractivity contribution in [3.63, 3.8) is 0 Å². The van der Waals surface area contributed by atoms with Crippen molar-refractivity contribution in [3.05, 3.63) is 83.9 Å². The molecule has 0 saturated carbocycles. The number of nitrogens with one attached hydrogen (secondary N) is 1. The zero-order chi connectivity index (χ0) is 18.5. The number of amides is 1. The summed E-state index contributed by atoms with van der Waals surface area (Å²) in [6.45, 7) is 0. The number of carbonyl (C=O) groups is 1. The summed E-state index contributed by atoms with van der Waals surface area (Å²) >= 11 is 0. The lowest BCUT2D eigenvalue weighted by molar-refractivity contribution is 0.102. The minimum Gasteiger partial charge on any atom is -0.343 e. The summed E-state index contributed by atoms with van der Waals surface area (Å²) in [5.41, 5.74) is 2.77. The largest absolute Gasteiger partial charge is 0.343 e. The quantitative estimate of drug-likeness (QED) is 0.772. The van der Waals surface area contributed by atoms with Gasteiger partial charge < -0.3 is 10.2 Å². The number of pyridine rings is 1. The molecule has 2 aromatic carbocycles. The lowest BCUT2D eigenvalue weighted by Gasteiger charge is -2.20. The van der Waals surface area contributed by atoms with Gasteiger partial charge in [-0.1, -0.05) is 12.1 Å². The van der Waals surface area contributed by atoms with E-state index in [2.05, 4.69) is 10.3 Å². The number of hydrogen-bond donors (Lipinski definition) is 1. The lowest BCUT2D eigenvalue weighted by atomic mass is 10.1. The minimum atomic E-state index is -0.420. The summed E-state index contributed by atoms with van der Waals surface area (Å²) in [5, 5.41) is 11.7. The molecule has 3 rings (SSSR count). The third kappa shape index (κ3) is 3.84. The van der Waals surface area contributed by atoms with Crippen molar-refractivity contribution in [1.29, 1.82) is 5.26 Å². The molecule has 26 heavy (non-hydrogen) atoms. The van der Waals surface area contributed by atoms with Gasteiger partial charge in [-0.25, -0.2) is 4.39 Å². The van der Waals surface area contributed by atoms with E-state index in [1.165, 1.54) is 12.1 Å². The highest BCUT2D eigenvalue weighted by Gasteiger charge is 2.10. The molecule has 6 heteroatoms. The van der Waals surface area contributed by atoms with Crippen molar-refractivity contribution in [2.45, 2.75) is 0 Å². The van der Waals surface area contributed by atoms with E-state index in [-0.39, 0.29) is 5.91 Å². The molecule has 0 saturated heterocycles. The van der Waals surface area contributed by atoms with Crippen LogP contribution in [-0.4, -0.2) is 17.9 Å². The number of nitrogens with zero attached hydrogens (tertiary/aromatic N) is 3. The van der Waals surface area contributed by atoms with Crippen molar-refractivity contribution < 1.29 is 9.18 Å². The predicted molar refractivity (Wildman–Crippen MR) is 97.8 cm³/mol. The molecule has 0 aliphatic heterocycles. The van der Waals surface area contributed by atoms with Crippen molar-refractivity contribution >= 4 is 23.0 Å². The zero-order valence-electron chi connectivity index (χ0n) is 14.0. The molecule has 0 atom stereocenters. The average molecular weight is 346 g/mol. The van der Waals surface area contributed by atoms with E-state index in [1.807, 2.05) is 12.1 Å². The van der Waals surface area contributed by atoms with Gasteiger partial charge >= 0.3 is 0 Å². The van der Waals surface area contributed by atoms with Gasteiger partial charge in [0.05, 0.1) is 29.7 Å². The topological polar surface area (TPSA) is 69.0 Å². The second kappa shape index (κ2) is 7.45. The molecule has 5 nitrogen and oxygen atoms in total. The number of anilines is 3. The summed E-state index contributed by atoms with van der Waals surface area (Å²) in [5.74, 6) is -0.731. The molecule has 0 aliphatic rings. The molecule has 0 aliphatic carbocycles. The molecule has 0 radical (unpaired) electrons. The van der Waals surface area contributed by atoms with Crippen LogP contribution in [0, 0.1) is 17.1 Å². The highest BCUT2D eigenvalue weighted by atomic mass is 19.1. The molecule has 1 amide bonds. The molecule has 0 unspecified atom stereocenters. The van der Waals surface area contributed by atoms with Crippen molar-refractivity contribution in [2.24, 2.45) is 0 Å². The summed E-state index contributed by atoms with van der Waals surface area (Å²) < 4.78 is 13.4. The van der Waals surface area contributed by atoms with E-state index in [1.54, 1.807) is 54.5 Å². The van der Waals surface area contributed by atoms with Gasteiger partial charge in [0.25, 0.3) is 5.91 Å². The van der Waals surface area contributed by atoms with E-state index in [9.17, 15) is 9.18 Å². The SMILES string of the molecule is CN(c1cncc(F)c1)c1cccc(NC(=O)c2cccc(C#N)c2)c1. The Kier molecular flexibility index (Phi) is 4.90. The summed E-state index contributed by atoms with van der Waals surface area (Å²) in [6.07, 6.45) is 2.70. The van der Waals surface area contributed by atoms with E-state index in [4.69, 9.17) is 5.26 Å². The van der Waals surface area contributed by atoms with Crippen LogP contribution in [0.25, 0.3) is 0 Å². The summed E-state index contributed by atoms with van der Waals surface area (Å²) in [4.78, 5) is 18.0. The van der Waals surface area contributed by atoms with Gasteiger partial charge in [-0.15, -0.1) is 0 Å². The first-order valence-electron chi connectivity index (χ1n) is 7.82. The summed E-state index contributed by atoms with van der Waals surface area (Å²) in [7, 11) is 1.79. The van der Waals surface area contributed by atoms with Crippen molar-refractivity contribution in [3.8, 4) is 6.07 Å². The number of carbonyl (C=O) groups excluding carboxylic acids is 1. The van der Waals surface area contributed by atoms with Gasteiger partial charge in [0.2, 0.25) is 0 Å². The first-order chi connectivity index (χ1) is 12.6. The smallest absolute Gasteiger partial charge is 0.255 e. The Balaban J connectivity index is 1.81. The fraction of sp³-hybridized carbons (Fsp3) is 0.0500. The Bertz CT molecular complexity index is 997. The van der Waals surface area contributed by atoms with E-state index >= 15 is 0 Å².